The quantitative estimate of drug-likeness (QED) is 0.518. The van der Waals surface area contributed by atoms with Gasteiger partial charge in [-0.3, -0.25) is 9.67 Å². The van der Waals surface area contributed by atoms with E-state index in [0.717, 1.165) is 33.5 Å². The zero-order valence-electron chi connectivity index (χ0n) is 13.1. The van der Waals surface area contributed by atoms with Gasteiger partial charge in [-0.05, 0) is 24.3 Å². The Balaban J connectivity index is 1.86. The lowest BCUT2D eigenvalue weighted by Gasteiger charge is -2.09. The van der Waals surface area contributed by atoms with Crippen LogP contribution in [0.2, 0.25) is 0 Å². The Morgan fingerprint density at radius 1 is 0.920 bits per heavy atom. The van der Waals surface area contributed by atoms with Gasteiger partial charge >= 0.3 is 0 Å². The number of H-pyrrole nitrogens is 1. The maximum Gasteiger partial charge on any atom is 0.212 e. The Bertz CT molecular complexity index is 1210. The Morgan fingerprint density at radius 3 is 2.68 bits per heavy atom. The molecule has 6 heteroatoms. The van der Waals surface area contributed by atoms with Crippen molar-refractivity contribution in [2.24, 2.45) is 0 Å². The highest BCUT2D eigenvalue weighted by Gasteiger charge is 2.16. The van der Waals surface area contributed by atoms with Crippen molar-refractivity contribution in [2.45, 2.75) is 0 Å². The van der Waals surface area contributed by atoms with Gasteiger partial charge in [0.1, 0.15) is 11.3 Å². The number of hydrogen-bond acceptors (Lipinski definition) is 4. The third-order valence-electron chi connectivity index (χ3n) is 4.20. The molecule has 120 valence electrons. The molecule has 0 radical (unpaired) electrons. The number of benzene rings is 2. The average Bonchev–Trinajstić information content (AvgIpc) is 3.25. The second-order valence-corrected chi connectivity index (χ2v) is 5.79. The Kier molecular flexibility index (Phi) is 2.84. The molecule has 0 unspecified atom stereocenters. The van der Waals surface area contributed by atoms with Crippen molar-refractivity contribution >= 4 is 22.1 Å². The minimum Gasteiger partial charge on any atom is -0.493 e. The zero-order chi connectivity index (χ0) is 16.8. The van der Waals surface area contributed by atoms with Gasteiger partial charge in [0.25, 0.3) is 0 Å². The predicted molar refractivity (Wildman–Crippen MR) is 95.6 cm³/mol. The molecule has 0 aliphatic carbocycles. The van der Waals surface area contributed by atoms with E-state index in [4.69, 9.17) is 4.98 Å². The summed E-state index contributed by atoms with van der Waals surface area (Å²) < 4.78 is 1.96. The minimum atomic E-state index is -0.0300. The van der Waals surface area contributed by atoms with Crippen LogP contribution < -0.4 is 0 Å². The number of aromatic nitrogens is 5. The maximum atomic E-state index is 9.85. The Morgan fingerprint density at radius 2 is 1.80 bits per heavy atom. The molecule has 0 atom stereocenters. The van der Waals surface area contributed by atoms with Crippen molar-refractivity contribution in [1.29, 1.82) is 0 Å². The highest BCUT2D eigenvalue weighted by molar-refractivity contribution is 5.84. The normalized spacial score (nSPS) is 11.4. The van der Waals surface area contributed by atoms with Crippen LogP contribution in [0.5, 0.6) is 5.88 Å². The highest BCUT2D eigenvalue weighted by Crippen LogP contribution is 2.29. The van der Waals surface area contributed by atoms with E-state index in [1.807, 2.05) is 53.1 Å². The molecule has 2 N–H and O–H groups in total. The molecule has 3 heterocycles. The first kappa shape index (κ1) is 13.7. The molecule has 5 aromatic rings. The molecule has 0 saturated carbocycles. The van der Waals surface area contributed by atoms with Crippen LogP contribution in [0.1, 0.15) is 0 Å². The van der Waals surface area contributed by atoms with Crippen molar-refractivity contribution in [1.82, 2.24) is 24.7 Å². The maximum absolute atomic E-state index is 9.85. The number of pyridine rings is 1. The van der Waals surface area contributed by atoms with Crippen LogP contribution in [0.25, 0.3) is 39.1 Å². The van der Waals surface area contributed by atoms with Crippen molar-refractivity contribution in [3.63, 3.8) is 0 Å². The summed E-state index contributed by atoms with van der Waals surface area (Å²) in [6, 6.07) is 19.2. The lowest BCUT2D eigenvalue weighted by Crippen LogP contribution is -1.98. The molecule has 0 fully saturated rings. The summed E-state index contributed by atoms with van der Waals surface area (Å²) in [5.41, 5.74) is 4.19. The zero-order valence-corrected chi connectivity index (χ0v) is 13.1. The Labute approximate surface area is 142 Å². The minimum absolute atomic E-state index is 0.0300. The van der Waals surface area contributed by atoms with Crippen LogP contribution in [-0.2, 0) is 0 Å². The first-order valence-corrected chi connectivity index (χ1v) is 7.87. The second-order valence-electron chi connectivity index (χ2n) is 5.79. The van der Waals surface area contributed by atoms with Gasteiger partial charge in [-0.1, -0.05) is 30.3 Å². The summed E-state index contributed by atoms with van der Waals surface area (Å²) in [6.07, 6.45) is 1.78. The number of imidazole rings is 1. The molecule has 0 aliphatic rings. The number of fused-ring (bicyclic) bond motifs is 2. The molecule has 0 spiro atoms. The summed E-state index contributed by atoms with van der Waals surface area (Å²) in [6.45, 7) is 0. The monoisotopic (exact) mass is 327 g/mol. The molecule has 5 rings (SSSR count). The summed E-state index contributed by atoms with van der Waals surface area (Å²) in [5, 5.41) is 17.9. The van der Waals surface area contributed by atoms with Crippen LogP contribution in [0.15, 0.2) is 66.9 Å². The number of nitrogens with one attached hydrogen (secondary N) is 1. The third kappa shape index (κ3) is 2.15. The highest BCUT2D eigenvalue weighted by atomic mass is 16.3. The SMILES string of the molecule is Oc1ccc2nc(-c3ccccc3)n(-c3ccc4[nH]ncc4c3)c2n1. The third-order valence-corrected chi connectivity index (χ3v) is 4.20. The molecule has 0 amide bonds. The molecule has 3 aromatic heterocycles. The Hall–Kier alpha value is -3.67. The van der Waals surface area contributed by atoms with E-state index < -0.39 is 0 Å². The molecule has 2 aromatic carbocycles. The second kappa shape index (κ2) is 5.17. The predicted octanol–water partition coefficient (Wildman–Crippen LogP) is 3.67. The van der Waals surface area contributed by atoms with Crippen LogP contribution >= 0.6 is 0 Å². The first-order valence-electron chi connectivity index (χ1n) is 7.87. The first-order chi connectivity index (χ1) is 12.3. The lowest BCUT2D eigenvalue weighted by atomic mass is 10.2. The van der Waals surface area contributed by atoms with Crippen molar-refractivity contribution in [3.8, 4) is 23.0 Å². The van der Waals surface area contributed by atoms with Gasteiger partial charge in [0.05, 0.1) is 11.7 Å². The number of aromatic hydroxyl groups is 1. The van der Waals surface area contributed by atoms with Crippen molar-refractivity contribution in [3.05, 3.63) is 66.9 Å². The van der Waals surface area contributed by atoms with E-state index in [1.54, 1.807) is 18.3 Å². The summed E-state index contributed by atoms with van der Waals surface area (Å²) >= 11 is 0. The smallest absolute Gasteiger partial charge is 0.212 e. The fourth-order valence-corrected chi connectivity index (χ4v) is 3.04. The molecular formula is C19H13N5O. The molecule has 0 saturated heterocycles. The van der Waals surface area contributed by atoms with Crippen LogP contribution in [0, 0.1) is 0 Å². The van der Waals surface area contributed by atoms with Gasteiger partial charge in [-0.15, -0.1) is 0 Å². The van der Waals surface area contributed by atoms with Crippen molar-refractivity contribution in [2.75, 3.05) is 0 Å². The van der Waals surface area contributed by atoms with E-state index in [9.17, 15) is 5.11 Å². The summed E-state index contributed by atoms with van der Waals surface area (Å²) in [7, 11) is 0. The molecular weight excluding hydrogens is 314 g/mol. The fourth-order valence-electron chi connectivity index (χ4n) is 3.04. The fraction of sp³-hybridized carbons (Fsp3) is 0. The number of hydrogen-bond donors (Lipinski definition) is 2. The van der Waals surface area contributed by atoms with E-state index in [-0.39, 0.29) is 5.88 Å². The summed E-state index contributed by atoms with van der Waals surface area (Å²) in [4.78, 5) is 9.03. The summed E-state index contributed by atoms with van der Waals surface area (Å²) in [5.74, 6) is 0.745. The van der Waals surface area contributed by atoms with Gasteiger partial charge < -0.3 is 5.11 Å². The van der Waals surface area contributed by atoms with E-state index >= 15 is 0 Å². The molecule has 6 nitrogen and oxygen atoms in total. The van der Waals surface area contributed by atoms with Crippen LogP contribution in [-0.4, -0.2) is 29.8 Å². The van der Waals surface area contributed by atoms with Crippen LogP contribution in [0.4, 0.5) is 0 Å². The standard InChI is InChI=1S/C19H13N5O/c25-17-9-8-16-19(22-17)24(18(21-16)12-4-2-1-3-5-12)14-6-7-15-13(10-14)11-20-23-15/h1-11H,(H,20,23)(H,22,25). The van der Waals surface area contributed by atoms with Gasteiger partial charge in [0.15, 0.2) is 5.65 Å². The van der Waals surface area contributed by atoms with Gasteiger partial charge in [0.2, 0.25) is 5.88 Å². The van der Waals surface area contributed by atoms with Crippen molar-refractivity contribution < 1.29 is 5.11 Å². The van der Waals surface area contributed by atoms with E-state index in [2.05, 4.69) is 15.2 Å². The largest absolute Gasteiger partial charge is 0.493 e. The molecule has 0 bridgehead atoms. The van der Waals surface area contributed by atoms with E-state index in [1.165, 1.54) is 0 Å². The number of rotatable bonds is 2. The molecule has 25 heavy (non-hydrogen) atoms. The van der Waals surface area contributed by atoms with E-state index in [0.29, 0.717) is 5.65 Å². The topological polar surface area (TPSA) is 79.6 Å². The van der Waals surface area contributed by atoms with Gasteiger partial charge in [-0.25, -0.2) is 4.98 Å². The van der Waals surface area contributed by atoms with Gasteiger partial charge in [-0.2, -0.15) is 10.1 Å². The number of nitrogens with zero attached hydrogens (tertiary/aromatic N) is 4. The lowest BCUT2D eigenvalue weighted by molar-refractivity contribution is 0.455. The molecule has 0 aliphatic heterocycles. The van der Waals surface area contributed by atoms with Crippen LogP contribution in [0.3, 0.4) is 0 Å². The average molecular weight is 327 g/mol. The number of aromatic amines is 1. The van der Waals surface area contributed by atoms with Gasteiger partial charge in [0, 0.05) is 22.7 Å².